The summed E-state index contributed by atoms with van der Waals surface area (Å²) in [5.74, 6) is 0.190. The maximum atomic E-state index is 10.8. The van der Waals surface area contributed by atoms with E-state index in [9.17, 15) is 4.79 Å². The lowest BCUT2D eigenvalue weighted by molar-refractivity contribution is -0.119. The molecular formula is C8H17N3O. The minimum atomic E-state index is 0.190. The average molecular weight is 171 g/mol. The molecule has 0 radical (unpaired) electrons. The second-order valence-electron chi connectivity index (χ2n) is 3.11. The zero-order valence-electron chi connectivity index (χ0n) is 7.52. The monoisotopic (exact) mass is 171 g/mol. The van der Waals surface area contributed by atoms with Crippen LogP contribution in [0, 0.1) is 0 Å². The number of carbonyl (C=O) groups is 1. The molecule has 0 aromatic rings. The summed E-state index contributed by atoms with van der Waals surface area (Å²) in [7, 11) is 1.93. The van der Waals surface area contributed by atoms with Gasteiger partial charge < -0.3 is 16.0 Å². The number of likely N-dealkylation sites (N-methyl/N-ethyl adjacent to an activating group) is 1. The van der Waals surface area contributed by atoms with Crippen LogP contribution in [0.2, 0.25) is 0 Å². The van der Waals surface area contributed by atoms with Gasteiger partial charge in [0.15, 0.2) is 0 Å². The third-order valence-corrected chi connectivity index (χ3v) is 2.03. The van der Waals surface area contributed by atoms with Crippen molar-refractivity contribution in [1.82, 2.24) is 16.0 Å². The third-order valence-electron chi connectivity index (χ3n) is 2.03. The van der Waals surface area contributed by atoms with E-state index < -0.39 is 0 Å². The van der Waals surface area contributed by atoms with E-state index in [1.165, 1.54) is 0 Å². The lowest BCUT2D eigenvalue weighted by Gasteiger charge is -2.10. The predicted molar refractivity (Wildman–Crippen MR) is 48.0 cm³/mol. The maximum absolute atomic E-state index is 10.8. The minimum absolute atomic E-state index is 0.190. The molecule has 1 atom stereocenters. The van der Waals surface area contributed by atoms with Crippen molar-refractivity contribution in [3.63, 3.8) is 0 Å². The fourth-order valence-electron chi connectivity index (χ4n) is 1.32. The van der Waals surface area contributed by atoms with Gasteiger partial charge in [0.1, 0.15) is 0 Å². The number of hydrogen-bond acceptors (Lipinski definition) is 3. The summed E-state index contributed by atoms with van der Waals surface area (Å²) in [6, 6.07) is 0.356. The molecule has 0 aromatic heterocycles. The standard InChI is InChI=1S/C8H17N3O/c1-9-4-5-10-6-7-2-3-8(12)11-7/h7,9-10H,2-6H2,1H3,(H,11,12)/t7-/m0/s1. The highest BCUT2D eigenvalue weighted by Crippen LogP contribution is 2.04. The Morgan fingerprint density at radius 3 is 3.00 bits per heavy atom. The fraction of sp³-hybridized carbons (Fsp3) is 0.875. The second kappa shape index (κ2) is 5.11. The van der Waals surface area contributed by atoms with Crippen LogP contribution < -0.4 is 16.0 Å². The molecule has 0 bridgehead atoms. The molecule has 1 fully saturated rings. The predicted octanol–water partition coefficient (Wildman–Crippen LogP) is -0.926. The van der Waals surface area contributed by atoms with Crippen LogP contribution in [0.15, 0.2) is 0 Å². The normalized spacial score (nSPS) is 22.8. The van der Waals surface area contributed by atoms with Crippen LogP contribution in [-0.4, -0.2) is 38.6 Å². The smallest absolute Gasteiger partial charge is 0.220 e. The summed E-state index contributed by atoms with van der Waals surface area (Å²) in [4.78, 5) is 10.8. The SMILES string of the molecule is CNCCNC[C@@H]1CCC(=O)N1. The molecule has 1 aliphatic rings. The fourth-order valence-corrected chi connectivity index (χ4v) is 1.32. The highest BCUT2D eigenvalue weighted by Gasteiger charge is 2.19. The zero-order chi connectivity index (χ0) is 8.81. The van der Waals surface area contributed by atoms with Gasteiger partial charge in [-0.15, -0.1) is 0 Å². The van der Waals surface area contributed by atoms with Crippen molar-refractivity contribution in [2.45, 2.75) is 18.9 Å². The molecule has 1 amide bonds. The van der Waals surface area contributed by atoms with E-state index in [0.29, 0.717) is 12.5 Å². The molecule has 4 heteroatoms. The Balaban J connectivity index is 1.97. The second-order valence-corrected chi connectivity index (χ2v) is 3.11. The molecule has 4 nitrogen and oxygen atoms in total. The van der Waals surface area contributed by atoms with Crippen molar-refractivity contribution in [3.8, 4) is 0 Å². The van der Waals surface area contributed by atoms with Crippen molar-refractivity contribution in [1.29, 1.82) is 0 Å². The van der Waals surface area contributed by atoms with Crippen molar-refractivity contribution in [2.75, 3.05) is 26.7 Å². The molecule has 1 aliphatic heterocycles. The van der Waals surface area contributed by atoms with Gasteiger partial charge in [-0.3, -0.25) is 4.79 Å². The largest absolute Gasteiger partial charge is 0.352 e. The first-order chi connectivity index (χ1) is 5.83. The van der Waals surface area contributed by atoms with Gasteiger partial charge in [-0.2, -0.15) is 0 Å². The highest BCUT2D eigenvalue weighted by molar-refractivity contribution is 5.78. The summed E-state index contributed by atoms with van der Waals surface area (Å²) in [6.07, 6.45) is 1.67. The van der Waals surface area contributed by atoms with Crippen LogP contribution in [0.5, 0.6) is 0 Å². The Kier molecular flexibility index (Phi) is 4.04. The van der Waals surface area contributed by atoms with Gasteiger partial charge in [-0.05, 0) is 13.5 Å². The van der Waals surface area contributed by atoms with Gasteiger partial charge in [-0.1, -0.05) is 0 Å². The first-order valence-corrected chi connectivity index (χ1v) is 4.47. The lowest BCUT2D eigenvalue weighted by Crippen LogP contribution is -2.37. The zero-order valence-corrected chi connectivity index (χ0v) is 7.52. The summed E-state index contributed by atoms with van der Waals surface area (Å²) >= 11 is 0. The van der Waals surface area contributed by atoms with Gasteiger partial charge in [0.05, 0.1) is 0 Å². The number of amides is 1. The van der Waals surface area contributed by atoms with E-state index in [1.807, 2.05) is 7.05 Å². The molecular weight excluding hydrogens is 154 g/mol. The molecule has 70 valence electrons. The Morgan fingerprint density at radius 2 is 2.42 bits per heavy atom. The van der Waals surface area contributed by atoms with Crippen LogP contribution in [-0.2, 0) is 4.79 Å². The molecule has 1 rings (SSSR count). The van der Waals surface area contributed by atoms with Crippen molar-refractivity contribution >= 4 is 5.91 Å². The lowest BCUT2D eigenvalue weighted by atomic mass is 10.2. The molecule has 0 aromatic carbocycles. The average Bonchev–Trinajstić information content (AvgIpc) is 2.45. The Bertz CT molecular complexity index is 149. The van der Waals surface area contributed by atoms with Gasteiger partial charge in [0.25, 0.3) is 0 Å². The van der Waals surface area contributed by atoms with Gasteiger partial charge in [0.2, 0.25) is 5.91 Å². The van der Waals surface area contributed by atoms with Crippen LogP contribution in [0.4, 0.5) is 0 Å². The van der Waals surface area contributed by atoms with Crippen LogP contribution in [0.1, 0.15) is 12.8 Å². The molecule has 0 saturated carbocycles. The molecule has 0 aliphatic carbocycles. The minimum Gasteiger partial charge on any atom is -0.352 e. The molecule has 1 saturated heterocycles. The van der Waals surface area contributed by atoms with Gasteiger partial charge in [-0.25, -0.2) is 0 Å². The third kappa shape index (κ3) is 3.19. The molecule has 0 unspecified atom stereocenters. The number of hydrogen-bond donors (Lipinski definition) is 3. The Labute approximate surface area is 73.1 Å². The van der Waals surface area contributed by atoms with E-state index >= 15 is 0 Å². The summed E-state index contributed by atoms with van der Waals surface area (Å²) in [5.41, 5.74) is 0. The van der Waals surface area contributed by atoms with Crippen molar-refractivity contribution in [2.24, 2.45) is 0 Å². The van der Waals surface area contributed by atoms with E-state index in [4.69, 9.17) is 0 Å². The number of rotatable bonds is 5. The summed E-state index contributed by atoms with van der Waals surface area (Å²) in [6.45, 7) is 2.83. The van der Waals surface area contributed by atoms with Crippen molar-refractivity contribution in [3.05, 3.63) is 0 Å². The maximum Gasteiger partial charge on any atom is 0.220 e. The van der Waals surface area contributed by atoms with E-state index in [2.05, 4.69) is 16.0 Å². The highest BCUT2D eigenvalue weighted by atomic mass is 16.1. The van der Waals surface area contributed by atoms with Crippen molar-refractivity contribution < 1.29 is 4.79 Å². The molecule has 0 spiro atoms. The van der Waals surface area contributed by atoms with Crippen LogP contribution >= 0.6 is 0 Å². The Hall–Kier alpha value is -0.610. The van der Waals surface area contributed by atoms with E-state index in [0.717, 1.165) is 26.1 Å². The summed E-state index contributed by atoms with van der Waals surface area (Å²) < 4.78 is 0. The van der Waals surface area contributed by atoms with Crippen LogP contribution in [0.25, 0.3) is 0 Å². The van der Waals surface area contributed by atoms with E-state index in [-0.39, 0.29) is 5.91 Å². The quantitative estimate of drug-likeness (QED) is 0.469. The number of carbonyl (C=O) groups excluding carboxylic acids is 1. The first kappa shape index (κ1) is 9.48. The topological polar surface area (TPSA) is 53.2 Å². The van der Waals surface area contributed by atoms with E-state index in [1.54, 1.807) is 0 Å². The first-order valence-electron chi connectivity index (χ1n) is 4.47. The molecule has 1 heterocycles. The van der Waals surface area contributed by atoms with Gasteiger partial charge in [0, 0.05) is 32.1 Å². The molecule has 12 heavy (non-hydrogen) atoms. The van der Waals surface area contributed by atoms with Crippen LogP contribution in [0.3, 0.4) is 0 Å². The molecule has 3 N–H and O–H groups in total. The Morgan fingerprint density at radius 1 is 1.58 bits per heavy atom. The number of nitrogens with one attached hydrogen (secondary N) is 3. The summed E-state index contributed by atoms with van der Waals surface area (Å²) in [5, 5.41) is 9.23. The van der Waals surface area contributed by atoms with Gasteiger partial charge >= 0.3 is 0 Å².